The number of halogens is 1. The van der Waals surface area contributed by atoms with Gasteiger partial charge in [-0.05, 0) is 36.6 Å². The molecule has 0 fully saturated rings. The lowest BCUT2D eigenvalue weighted by molar-refractivity contribution is -0.384. The number of allylic oxidation sites excluding steroid dienone is 2. The number of nitro groups is 1. The zero-order valence-electron chi connectivity index (χ0n) is 21.2. The largest absolute Gasteiger partial charge is 0.478 e. The van der Waals surface area contributed by atoms with Crippen molar-refractivity contribution in [2.75, 3.05) is 6.61 Å². The Labute approximate surface area is 229 Å². The van der Waals surface area contributed by atoms with Crippen LogP contribution in [0, 0.1) is 10.1 Å². The second kappa shape index (κ2) is 11.8. The van der Waals surface area contributed by atoms with E-state index in [4.69, 9.17) is 16.5 Å². The van der Waals surface area contributed by atoms with Crippen LogP contribution in [0.1, 0.15) is 36.5 Å². The van der Waals surface area contributed by atoms with Crippen molar-refractivity contribution in [3.05, 3.63) is 123 Å². The predicted molar refractivity (Wildman–Crippen MR) is 144 cm³/mol. The van der Waals surface area contributed by atoms with Gasteiger partial charge in [0, 0.05) is 54.2 Å². The number of carbonyl (C=O) groups is 2. The average Bonchev–Trinajstić information content (AvgIpc) is 3.43. The molecule has 2 heterocycles. The van der Waals surface area contributed by atoms with Crippen LogP contribution in [0.4, 0.5) is 5.69 Å². The van der Waals surface area contributed by atoms with Gasteiger partial charge in [-0.15, -0.1) is 0 Å². The molecule has 0 radical (unpaired) electrons. The number of hydrogen-bond donors (Lipinski definition) is 1. The molecule has 0 aliphatic carbocycles. The Morgan fingerprint density at radius 3 is 2.51 bits per heavy atom. The maximum Gasteiger partial charge on any atom is 0.337 e. The Kier molecular flexibility index (Phi) is 8.26. The quantitative estimate of drug-likeness (QED) is 0.165. The highest BCUT2D eigenvalue weighted by molar-refractivity contribution is 6.17. The third-order valence-electron chi connectivity index (χ3n) is 6.34. The molecule has 1 aliphatic rings. The van der Waals surface area contributed by atoms with E-state index in [2.05, 4.69) is 4.98 Å². The van der Waals surface area contributed by atoms with Crippen LogP contribution >= 0.6 is 11.8 Å². The number of esters is 1. The van der Waals surface area contributed by atoms with Gasteiger partial charge in [-0.3, -0.25) is 14.5 Å². The monoisotopic (exact) mass is 548 g/mol. The summed E-state index contributed by atoms with van der Waals surface area (Å²) in [5, 5.41) is 21.3. The first-order valence-electron chi connectivity index (χ1n) is 11.9. The normalized spacial score (nSPS) is 15.7. The zero-order chi connectivity index (χ0) is 28.1. The second-order valence-corrected chi connectivity index (χ2v) is 9.18. The van der Waals surface area contributed by atoms with Crippen LogP contribution in [0.25, 0.3) is 6.08 Å². The molecule has 0 amide bonds. The van der Waals surface area contributed by atoms with Crippen LogP contribution in [-0.4, -0.2) is 42.5 Å². The minimum Gasteiger partial charge on any atom is -0.478 e. The van der Waals surface area contributed by atoms with Crippen LogP contribution in [0.5, 0.6) is 0 Å². The Morgan fingerprint density at radius 1 is 1.15 bits per heavy atom. The molecule has 1 aliphatic heterocycles. The van der Waals surface area contributed by atoms with Gasteiger partial charge in [-0.1, -0.05) is 42.5 Å². The molecule has 1 aromatic heterocycles. The summed E-state index contributed by atoms with van der Waals surface area (Å²) in [5.41, 5.74) is 2.34. The van der Waals surface area contributed by atoms with E-state index in [0.29, 0.717) is 6.54 Å². The Bertz CT molecular complexity index is 1490. The minimum atomic E-state index is -1.30. The third kappa shape index (κ3) is 6.07. The van der Waals surface area contributed by atoms with E-state index in [9.17, 15) is 24.8 Å². The molecule has 3 aromatic rings. The van der Waals surface area contributed by atoms with Crippen molar-refractivity contribution in [2.24, 2.45) is 0 Å². The van der Waals surface area contributed by atoms with Gasteiger partial charge in [0.25, 0.3) is 5.69 Å². The summed E-state index contributed by atoms with van der Waals surface area (Å²) in [6, 6.07) is 13.4. The number of aromatic nitrogens is 2. The Balaban J connectivity index is 1.53. The topological polar surface area (TPSA) is 128 Å². The molecule has 2 aromatic carbocycles. The molecule has 10 nitrogen and oxygen atoms in total. The summed E-state index contributed by atoms with van der Waals surface area (Å²) in [4.78, 5) is 40.3. The Hall–Kier alpha value is -4.70. The third-order valence-corrected chi connectivity index (χ3v) is 6.84. The molecular weight excluding hydrogens is 524 g/mol. The number of ether oxygens (including phenoxy) is 1. The van der Waals surface area contributed by atoms with E-state index in [0.717, 1.165) is 15.5 Å². The molecule has 0 saturated carbocycles. The molecule has 1 atom stereocenters. The molecule has 200 valence electrons. The second-order valence-electron chi connectivity index (χ2n) is 8.85. The van der Waals surface area contributed by atoms with Crippen LogP contribution in [0.3, 0.4) is 0 Å². The molecule has 1 N–H and O–H groups in total. The summed E-state index contributed by atoms with van der Waals surface area (Å²) in [6.45, 7) is 3.69. The fourth-order valence-corrected chi connectivity index (χ4v) is 4.61. The highest BCUT2D eigenvalue weighted by Gasteiger charge is 2.40. The number of imidazole rings is 1. The van der Waals surface area contributed by atoms with Crippen molar-refractivity contribution in [1.29, 1.82) is 0 Å². The molecular formula is C28H25ClN4O6. The van der Waals surface area contributed by atoms with Gasteiger partial charge in [0.15, 0.2) is 0 Å². The van der Waals surface area contributed by atoms with Crippen LogP contribution in [-0.2, 0) is 20.9 Å². The van der Waals surface area contributed by atoms with E-state index in [1.807, 2.05) is 35.0 Å². The van der Waals surface area contributed by atoms with Crippen molar-refractivity contribution in [3.63, 3.8) is 0 Å². The number of hydrogen-bond acceptors (Lipinski definition) is 7. The first kappa shape index (κ1) is 27.3. The number of aliphatic carboxylic acids is 1. The summed E-state index contributed by atoms with van der Waals surface area (Å²) in [5.74, 6) is -3.19. The maximum absolute atomic E-state index is 13.3. The zero-order valence-corrected chi connectivity index (χ0v) is 21.9. The SMILES string of the molecule is CC1=C(C(=O)O)C(c2cccc([N+](=O)[O-])c2)C(C(=O)OC/C=C\c2ccc(Cn3ccnc3)cc2)=C(C)N1Cl. The summed E-state index contributed by atoms with van der Waals surface area (Å²) < 4.78 is 8.53. The number of nitro benzene ring substituents is 1. The van der Waals surface area contributed by atoms with Crippen molar-refractivity contribution in [3.8, 4) is 0 Å². The van der Waals surface area contributed by atoms with Crippen molar-refractivity contribution in [1.82, 2.24) is 14.0 Å². The van der Waals surface area contributed by atoms with Gasteiger partial charge >= 0.3 is 11.9 Å². The summed E-state index contributed by atoms with van der Waals surface area (Å²) >= 11 is 6.35. The number of benzene rings is 2. The number of carboxylic acid groups (broad SMARTS) is 1. The first-order chi connectivity index (χ1) is 18.7. The summed E-state index contributed by atoms with van der Waals surface area (Å²) in [6.07, 6.45) is 8.82. The minimum absolute atomic E-state index is 0.00856. The summed E-state index contributed by atoms with van der Waals surface area (Å²) in [7, 11) is 0. The van der Waals surface area contributed by atoms with Crippen molar-refractivity contribution >= 4 is 35.5 Å². The number of carbonyl (C=O) groups excluding carboxylic acids is 1. The predicted octanol–water partition coefficient (Wildman–Crippen LogP) is 5.28. The first-order valence-corrected chi connectivity index (χ1v) is 12.2. The van der Waals surface area contributed by atoms with Gasteiger partial charge < -0.3 is 14.4 Å². The van der Waals surface area contributed by atoms with Gasteiger partial charge in [-0.2, -0.15) is 0 Å². The van der Waals surface area contributed by atoms with E-state index >= 15 is 0 Å². The average molecular weight is 549 g/mol. The van der Waals surface area contributed by atoms with Crippen LogP contribution in [0.15, 0.2) is 95.9 Å². The smallest absolute Gasteiger partial charge is 0.337 e. The van der Waals surface area contributed by atoms with E-state index in [1.54, 1.807) is 31.6 Å². The standard InChI is InChI=1S/C28H25ClN4O6/c1-18-24(27(34)35)26(22-6-3-7-23(15-22)33(37)38)25(19(2)32(18)29)28(36)39-14-4-5-20-8-10-21(11-9-20)16-31-13-12-30-17-31/h3-13,15,17,26H,14,16H2,1-2H3,(H,34,35)/b5-4-. The molecule has 39 heavy (non-hydrogen) atoms. The van der Waals surface area contributed by atoms with Gasteiger partial charge in [0.1, 0.15) is 6.61 Å². The lowest BCUT2D eigenvalue weighted by atomic mass is 9.80. The van der Waals surface area contributed by atoms with E-state index in [1.165, 1.54) is 31.2 Å². The Morgan fingerprint density at radius 2 is 1.87 bits per heavy atom. The molecule has 0 spiro atoms. The van der Waals surface area contributed by atoms with Crippen LogP contribution < -0.4 is 0 Å². The lowest BCUT2D eigenvalue weighted by Crippen LogP contribution is -2.31. The van der Waals surface area contributed by atoms with Crippen molar-refractivity contribution < 1.29 is 24.4 Å². The highest BCUT2D eigenvalue weighted by Crippen LogP contribution is 2.43. The number of rotatable bonds is 9. The van der Waals surface area contributed by atoms with Gasteiger partial charge in [0.05, 0.1) is 28.3 Å². The van der Waals surface area contributed by atoms with Gasteiger partial charge in [0.2, 0.25) is 0 Å². The number of non-ortho nitro benzene ring substituents is 1. The van der Waals surface area contributed by atoms with Gasteiger partial charge in [-0.25, -0.2) is 14.6 Å². The molecule has 0 bridgehead atoms. The fraction of sp³-hybridized carbons (Fsp3) is 0.179. The molecule has 4 rings (SSSR count). The van der Waals surface area contributed by atoms with Crippen LogP contribution in [0.2, 0.25) is 0 Å². The highest BCUT2D eigenvalue weighted by atomic mass is 35.5. The number of nitrogens with zero attached hydrogens (tertiary/aromatic N) is 4. The molecule has 0 saturated heterocycles. The van der Waals surface area contributed by atoms with Crippen molar-refractivity contribution in [2.45, 2.75) is 26.3 Å². The number of carboxylic acids is 1. The van der Waals surface area contributed by atoms with E-state index in [-0.39, 0.29) is 40.4 Å². The lowest BCUT2D eigenvalue weighted by Gasteiger charge is -2.33. The fourth-order valence-electron chi connectivity index (χ4n) is 4.43. The maximum atomic E-state index is 13.3. The molecule has 1 unspecified atom stereocenters. The molecule has 11 heteroatoms. The van der Waals surface area contributed by atoms with E-state index < -0.39 is 22.8 Å².